The van der Waals surface area contributed by atoms with Crippen molar-refractivity contribution in [1.29, 1.82) is 5.26 Å². The zero-order valence-electron chi connectivity index (χ0n) is 15.8. The number of sulfonamides is 1. The van der Waals surface area contributed by atoms with Crippen LogP contribution in [0.3, 0.4) is 0 Å². The quantitative estimate of drug-likeness (QED) is 0.699. The molecule has 1 fully saturated rings. The minimum Gasteiger partial charge on any atom is -0.465 e. The molecular formula is C20H24N2O5S. The van der Waals surface area contributed by atoms with Gasteiger partial charge in [-0.05, 0) is 50.2 Å². The van der Waals surface area contributed by atoms with Crippen molar-refractivity contribution in [3.05, 3.63) is 41.1 Å². The van der Waals surface area contributed by atoms with Gasteiger partial charge in [0, 0.05) is 17.7 Å². The third-order valence-corrected chi connectivity index (χ3v) is 6.64. The first-order chi connectivity index (χ1) is 13.4. The average Bonchev–Trinajstić information content (AvgIpc) is 3.28. The van der Waals surface area contributed by atoms with E-state index >= 15 is 0 Å². The number of furan rings is 1. The van der Waals surface area contributed by atoms with E-state index in [4.69, 9.17) is 9.15 Å². The van der Waals surface area contributed by atoms with Crippen molar-refractivity contribution < 1.29 is 22.4 Å². The molecule has 2 heterocycles. The Hall–Kier alpha value is -2.37. The summed E-state index contributed by atoms with van der Waals surface area (Å²) in [6, 6.07) is 5.32. The molecule has 1 aliphatic heterocycles. The van der Waals surface area contributed by atoms with Gasteiger partial charge in [0.05, 0.1) is 12.0 Å². The zero-order chi connectivity index (χ0) is 20.1. The van der Waals surface area contributed by atoms with E-state index in [1.54, 1.807) is 18.2 Å². The normalized spacial score (nSPS) is 24.4. The minimum absolute atomic E-state index is 0.0290. The lowest BCUT2D eigenvalue weighted by Gasteiger charge is -2.29. The van der Waals surface area contributed by atoms with Crippen molar-refractivity contribution in [2.75, 3.05) is 5.75 Å². The number of carbonyl (C=O) groups excluding carboxylic acids is 1. The predicted molar refractivity (Wildman–Crippen MR) is 103 cm³/mol. The third kappa shape index (κ3) is 4.72. The lowest BCUT2D eigenvalue weighted by atomic mass is 9.80. The third-order valence-electron chi connectivity index (χ3n) is 5.12. The Morgan fingerprint density at radius 3 is 2.68 bits per heavy atom. The molecule has 1 aromatic heterocycles. The molecule has 150 valence electrons. The summed E-state index contributed by atoms with van der Waals surface area (Å²) in [6.07, 6.45) is 7.27. The number of hydrogen-bond donors (Lipinski definition) is 1. The highest BCUT2D eigenvalue weighted by Crippen LogP contribution is 2.40. The van der Waals surface area contributed by atoms with Crippen molar-refractivity contribution >= 4 is 22.1 Å². The van der Waals surface area contributed by atoms with Crippen LogP contribution in [0.5, 0.6) is 0 Å². The summed E-state index contributed by atoms with van der Waals surface area (Å²) < 4.78 is 37.6. The van der Waals surface area contributed by atoms with Crippen molar-refractivity contribution in [3.63, 3.8) is 0 Å². The standard InChI is InChI=1S/C20H24N2O5S/c1-2-3-11-28(24,25)22-15-8-6-14(7-9-15)19-17(13-21)20(23)27-18(19)12-16-5-4-10-26-16/h4-5,10,12,14-15,22H,2-3,6-9,11H2,1H3/b18-12+. The second-order valence-corrected chi connectivity index (χ2v) is 9.03. The van der Waals surface area contributed by atoms with E-state index in [9.17, 15) is 18.5 Å². The number of nitrogens with one attached hydrogen (secondary N) is 1. The monoisotopic (exact) mass is 404 g/mol. The summed E-state index contributed by atoms with van der Waals surface area (Å²) in [5, 5.41) is 9.42. The molecule has 1 aliphatic carbocycles. The summed E-state index contributed by atoms with van der Waals surface area (Å²) >= 11 is 0. The number of nitrogens with zero attached hydrogens (tertiary/aromatic N) is 1. The van der Waals surface area contributed by atoms with Gasteiger partial charge in [0.2, 0.25) is 10.0 Å². The number of allylic oxidation sites excluding steroid dienone is 1. The van der Waals surface area contributed by atoms with E-state index in [0.29, 0.717) is 49.2 Å². The molecule has 1 aromatic rings. The number of hydrogen-bond acceptors (Lipinski definition) is 6. The Morgan fingerprint density at radius 1 is 1.32 bits per heavy atom. The van der Waals surface area contributed by atoms with Gasteiger partial charge in [0.1, 0.15) is 23.2 Å². The van der Waals surface area contributed by atoms with Gasteiger partial charge >= 0.3 is 5.97 Å². The second kappa shape index (κ2) is 8.76. The SMILES string of the molecule is CCCCS(=O)(=O)NC1CCC(C2=C(C#N)C(=O)O/C2=C/c2ccco2)CC1. The number of cyclic esters (lactones) is 1. The Bertz CT molecular complexity index is 914. The molecule has 1 N–H and O–H groups in total. The van der Waals surface area contributed by atoms with Crippen LogP contribution in [0.2, 0.25) is 0 Å². The molecule has 0 bridgehead atoms. The van der Waals surface area contributed by atoms with Crippen LogP contribution in [0.4, 0.5) is 0 Å². The van der Waals surface area contributed by atoms with Gasteiger partial charge < -0.3 is 9.15 Å². The second-order valence-electron chi connectivity index (χ2n) is 7.15. The molecular weight excluding hydrogens is 380 g/mol. The predicted octanol–water partition coefficient (Wildman–Crippen LogP) is 3.28. The lowest BCUT2D eigenvalue weighted by Crippen LogP contribution is -2.39. The van der Waals surface area contributed by atoms with E-state index in [-0.39, 0.29) is 23.3 Å². The van der Waals surface area contributed by atoms with Crippen LogP contribution in [0.15, 0.2) is 39.7 Å². The van der Waals surface area contributed by atoms with Gasteiger partial charge in [0.15, 0.2) is 0 Å². The minimum atomic E-state index is -3.27. The molecule has 3 rings (SSSR count). The summed E-state index contributed by atoms with van der Waals surface area (Å²) in [4.78, 5) is 12.1. The highest BCUT2D eigenvalue weighted by molar-refractivity contribution is 7.89. The number of esters is 1. The highest BCUT2D eigenvalue weighted by atomic mass is 32.2. The van der Waals surface area contributed by atoms with Crippen molar-refractivity contribution in [1.82, 2.24) is 4.72 Å². The van der Waals surface area contributed by atoms with Crippen molar-refractivity contribution in [2.24, 2.45) is 5.92 Å². The van der Waals surface area contributed by atoms with Crippen LogP contribution >= 0.6 is 0 Å². The summed E-state index contributed by atoms with van der Waals surface area (Å²) in [6.45, 7) is 1.96. The Balaban J connectivity index is 1.72. The maximum atomic E-state index is 12.1. The zero-order valence-corrected chi connectivity index (χ0v) is 16.6. The van der Waals surface area contributed by atoms with Gasteiger partial charge in [-0.3, -0.25) is 0 Å². The summed E-state index contributed by atoms with van der Waals surface area (Å²) in [5.41, 5.74) is 0.640. The Morgan fingerprint density at radius 2 is 2.07 bits per heavy atom. The van der Waals surface area contributed by atoms with Gasteiger partial charge in [-0.15, -0.1) is 0 Å². The molecule has 0 spiro atoms. The molecule has 0 aromatic carbocycles. The summed E-state index contributed by atoms with van der Waals surface area (Å²) in [7, 11) is -3.27. The fraction of sp³-hybridized carbons (Fsp3) is 0.500. The molecule has 0 saturated heterocycles. The van der Waals surface area contributed by atoms with Crippen molar-refractivity contribution in [2.45, 2.75) is 51.5 Å². The maximum absolute atomic E-state index is 12.1. The lowest BCUT2D eigenvalue weighted by molar-refractivity contribution is -0.132. The van der Waals surface area contributed by atoms with E-state index in [0.717, 1.165) is 6.42 Å². The number of carbonyl (C=O) groups is 1. The first-order valence-corrected chi connectivity index (χ1v) is 11.2. The van der Waals surface area contributed by atoms with E-state index < -0.39 is 16.0 Å². The molecule has 0 atom stereocenters. The van der Waals surface area contributed by atoms with E-state index in [1.807, 2.05) is 13.0 Å². The van der Waals surface area contributed by atoms with Crippen molar-refractivity contribution in [3.8, 4) is 6.07 Å². The van der Waals surface area contributed by atoms with Crippen LogP contribution in [-0.2, 0) is 19.6 Å². The van der Waals surface area contributed by atoms with Crippen LogP contribution in [0.25, 0.3) is 6.08 Å². The van der Waals surface area contributed by atoms with Gasteiger partial charge in [-0.25, -0.2) is 17.9 Å². The van der Waals surface area contributed by atoms with Crippen LogP contribution in [0, 0.1) is 17.2 Å². The molecule has 7 nitrogen and oxygen atoms in total. The number of ether oxygens (including phenoxy) is 1. The molecule has 0 radical (unpaired) electrons. The largest absolute Gasteiger partial charge is 0.465 e. The molecule has 0 unspecified atom stereocenters. The molecule has 0 amide bonds. The number of rotatable bonds is 7. The van der Waals surface area contributed by atoms with Gasteiger partial charge in [-0.1, -0.05) is 13.3 Å². The Kier molecular flexibility index (Phi) is 6.37. The van der Waals surface area contributed by atoms with E-state index in [2.05, 4.69) is 4.72 Å². The molecule has 28 heavy (non-hydrogen) atoms. The molecule has 1 saturated carbocycles. The first-order valence-electron chi connectivity index (χ1n) is 9.55. The number of unbranched alkanes of at least 4 members (excludes halogenated alkanes) is 1. The molecule has 8 heteroatoms. The summed E-state index contributed by atoms with van der Waals surface area (Å²) in [5.74, 6) is 0.364. The van der Waals surface area contributed by atoms with Crippen LogP contribution in [-0.4, -0.2) is 26.2 Å². The van der Waals surface area contributed by atoms with Crippen LogP contribution in [0.1, 0.15) is 51.2 Å². The maximum Gasteiger partial charge on any atom is 0.354 e. The van der Waals surface area contributed by atoms with Crippen LogP contribution < -0.4 is 4.72 Å². The fourth-order valence-electron chi connectivity index (χ4n) is 3.71. The van der Waals surface area contributed by atoms with E-state index in [1.165, 1.54) is 6.26 Å². The molecule has 2 aliphatic rings. The van der Waals surface area contributed by atoms with Gasteiger partial charge in [-0.2, -0.15) is 5.26 Å². The highest BCUT2D eigenvalue weighted by Gasteiger charge is 2.37. The smallest absolute Gasteiger partial charge is 0.354 e. The van der Waals surface area contributed by atoms with Gasteiger partial charge in [0.25, 0.3) is 0 Å². The fourth-order valence-corrected chi connectivity index (χ4v) is 5.24. The topological polar surface area (TPSA) is 109 Å². The Labute approximate surface area is 165 Å². The first kappa shape index (κ1) is 20.4. The average molecular weight is 404 g/mol. The number of nitriles is 1.